The Labute approximate surface area is 157 Å². The molecule has 0 spiro atoms. The number of aromatic nitrogens is 1. The molecule has 1 aliphatic rings. The van der Waals surface area contributed by atoms with Gasteiger partial charge in [0.1, 0.15) is 0 Å². The van der Waals surface area contributed by atoms with E-state index in [1.54, 1.807) is 18.2 Å². The smallest absolute Gasteiger partial charge is 0.255 e. The first-order valence-corrected chi connectivity index (χ1v) is 10.0. The molecule has 7 nitrogen and oxygen atoms in total. The largest absolute Gasteiger partial charge is 0.481 e. The van der Waals surface area contributed by atoms with Crippen LogP contribution in [0.15, 0.2) is 36.5 Å². The van der Waals surface area contributed by atoms with Crippen molar-refractivity contribution in [3.8, 4) is 5.88 Å². The van der Waals surface area contributed by atoms with E-state index in [0.29, 0.717) is 35.8 Å². The summed E-state index contributed by atoms with van der Waals surface area (Å²) in [7, 11) is -1.91. The fourth-order valence-corrected chi connectivity index (χ4v) is 4.60. The van der Waals surface area contributed by atoms with E-state index in [1.165, 1.54) is 29.7 Å². The van der Waals surface area contributed by atoms with Gasteiger partial charge < -0.3 is 10.1 Å². The summed E-state index contributed by atoms with van der Waals surface area (Å²) in [6.45, 7) is 0.357. The molecule has 1 aliphatic heterocycles. The molecule has 0 saturated carbocycles. The van der Waals surface area contributed by atoms with Crippen molar-refractivity contribution in [2.75, 3.05) is 29.0 Å². The first-order valence-electron chi connectivity index (χ1n) is 8.02. The molecule has 0 unspecified atom stereocenters. The Hall–Kier alpha value is -2.32. The SMILES string of the molecule is COc1ccc(NC(=O)c2ccc(Cl)c(N3CCCCS3(=O)=O)c2)cn1. The number of sulfonamides is 1. The monoisotopic (exact) mass is 395 g/mol. The zero-order valence-corrected chi connectivity index (χ0v) is 15.7. The van der Waals surface area contributed by atoms with E-state index in [1.807, 2.05) is 0 Å². The van der Waals surface area contributed by atoms with E-state index >= 15 is 0 Å². The summed E-state index contributed by atoms with van der Waals surface area (Å²) in [6.07, 6.45) is 2.85. The Kier molecular flexibility index (Phi) is 5.33. The van der Waals surface area contributed by atoms with Crippen LogP contribution in [0.1, 0.15) is 23.2 Å². The van der Waals surface area contributed by atoms with Gasteiger partial charge in [-0.05, 0) is 37.1 Å². The second-order valence-corrected chi connectivity index (χ2v) is 8.22. The van der Waals surface area contributed by atoms with Crippen molar-refractivity contribution in [3.05, 3.63) is 47.1 Å². The lowest BCUT2D eigenvalue weighted by atomic mass is 10.1. The highest BCUT2D eigenvalue weighted by atomic mass is 35.5. The van der Waals surface area contributed by atoms with Gasteiger partial charge >= 0.3 is 0 Å². The van der Waals surface area contributed by atoms with E-state index in [-0.39, 0.29) is 16.7 Å². The number of pyridine rings is 1. The minimum atomic E-state index is -3.41. The summed E-state index contributed by atoms with van der Waals surface area (Å²) in [5, 5.41) is 3.00. The maximum Gasteiger partial charge on any atom is 0.255 e. The minimum Gasteiger partial charge on any atom is -0.481 e. The summed E-state index contributed by atoms with van der Waals surface area (Å²) in [4.78, 5) is 16.5. The molecule has 0 radical (unpaired) electrons. The van der Waals surface area contributed by atoms with Gasteiger partial charge in [0.15, 0.2) is 0 Å². The van der Waals surface area contributed by atoms with E-state index < -0.39 is 10.0 Å². The molecule has 1 fully saturated rings. The predicted molar refractivity (Wildman–Crippen MR) is 101 cm³/mol. The number of halogens is 1. The van der Waals surface area contributed by atoms with Gasteiger partial charge in [-0.3, -0.25) is 9.10 Å². The summed E-state index contributed by atoms with van der Waals surface area (Å²) in [5.41, 5.74) is 1.13. The second kappa shape index (κ2) is 7.51. The third-order valence-corrected chi connectivity index (χ3v) is 6.20. The number of benzene rings is 1. The number of carbonyl (C=O) groups excluding carboxylic acids is 1. The molecular weight excluding hydrogens is 378 g/mol. The van der Waals surface area contributed by atoms with E-state index in [0.717, 1.165) is 6.42 Å². The van der Waals surface area contributed by atoms with Crippen LogP contribution in [-0.4, -0.2) is 38.7 Å². The Morgan fingerprint density at radius 1 is 1.27 bits per heavy atom. The van der Waals surface area contributed by atoms with E-state index in [2.05, 4.69) is 10.3 Å². The molecule has 138 valence electrons. The second-order valence-electron chi connectivity index (χ2n) is 5.80. The average Bonchev–Trinajstić information content (AvgIpc) is 2.63. The number of nitrogens with one attached hydrogen (secondary N) is 1. The minimum absolute atomic E-state index is 0.0806. The van der Waals surface area contributed by atoms with Crippen molar-refractivity contribution >= 4 is 38.9 Å². The number of amides is 1. The van der Waals surface area contributed by atoms with Crippen LogP contribution in [0.5, 0.6) is 5.88 Å². The van der Waals surface area contributed by atoms with Crippen molar-refractivity contribution in [1.82, 2.24) is 4.98 Å². The average molecular weight is 396 g/mol. The van der Waals surface area contributed by atoms with E-state index in [4.69, 9.17) is 16.3 Å². The van der Waals surface area contributed by atoms with Crippen LogP contribution in [0.4, 0.5) is 11.4 Å². The van der Waals surface area contributed by atoms with Gasteiger partial charge in [-0.15, -0.1) is 0 Å². The van der Waals surface area contributed by atoms with Crippen LogP contribution < -0.4 is 14.4 Å². The van der Waals surface area contributed by atoms with Crippen molar-refractivity contribution in [3.63, 3.8) is 0 Å². The third-order valence-electron chi connectivity index (χ3n) is 4.03. The van der Waals surface area contributed by atoms with Gasteiger partial charge in [0.2, 0.25) is 15.9 Å². The zero-order valence-electron chi connectivity index (χ0n) is 14.1. The summed E-state index contributed by atoms with van der Waals surface area (Å²) in [6, 6.07) is 7.87. The number of rotatable bonds is 4. The van der Waals surface area contributed by atoms with Crippen molar-refractivity contribution in [1.29, 1.82) is 0 Å². The normalized spacial score (nSPS) is 16.2. The maximum absolute atomic E-state index is 12.5. The number of nitrogens with zero attached hydrogens (tertiary/aromatic N) is 2. The van der Waals surface area contributed by atoms with Gasteiger partial charge in [0.05, 0.1) is 35.5 Å². The van der Waals surface area contributed by atoms with Crippen LogP contribution in [0.2, 0.25) is 5.02 Å². The van der Waals surface area contributed by atoms with Crippen molar-refractivity contribution in [2.24, 2.45) is 0 Å². The molecule has 1 aromatic heterocycles. The lowest BCUT2D eigenvalue weighted by Crippen LogP contribution is -2.38. The molecule has 2 heterocycles. The van der Waals surface area contributed by atoms with Crippen molar-refractivity contribution < 1.29 is 17.9 Å². The molecule has 9 heteroatoms. The summed E-state index contributed by atoms with van der Waals surface area (Å²) >= 11 is 6.19. The van der Waals surface area contributed by atoms with Crippen LogP contribution in [0.3, 0.4) is 0 Å². The van der Waals surface area contributed by atoms with Gasteiger partial charge in [-0.2, -0.15) is 0 Å². The third kappa shape index (κ3) is 3.91. The first kappa shape index (κ1) is 18.5. The number of methoxy groups -OCH3 is 1. The molecular formula is C17H18ClN3O4S. The summed E-state index contributed by atoms with van der Waals surface area (Å²) < 4.78 is 30.9. The molecule has 1 amide bonds. The highest BCUT2D eigenvalue weighted by Crippen LogP contribution is 2.31. The number of hydrogen-bond acceptors (Lipinski definition) is 5. The molecule has 0 atom stereocenters. The highest BCUT2D eigenvalue weighted by Gasteiger charge is 2.28. The van der Waals surface area contributed by atoms with Gasteiger partial charge in [-0.25, -0.2) is 13.4 Å². The fraction of sp³-hybridized carbons (Fsp3) is 0.294. The standard InChI is InChI=1S/C17H18ClN3O4S/c1-25-16-7-5-13(11-19-16)20-17(22)12-4-6-14(18)15(10-12)21-8-2-3-9-26(21,23)24/h4-7,10-11H,2-3,8-9H2,1H3,(H,20,22). The predicted octanol–water partition coefficient (Wildman–Crippen LogP) is 2.93. The highest BCUT2D eigenvalue weighted by molar-refractivity contribution is 7.92. The summed E-state index contributed by atoms with van der Waals surface area (Å²) in [5.74, 6) is 0.133. The Morgan fingerprint density at radius 3 is 2.73 bits per heavy atom. The van der Waals surface area contributed by atoms with Crippen LogP contribution in [0.25, 0.3) is 0 Å². The molecule has 1 saturated heterocycles. The number of anilines is 2. The van der Waals surface area contributed by atoms with Crippen molar-refractivity contribution in [2.45, 2.75) is 12.8 Å². The lowest BCUT2D eigenvalue weighted by Gasteiger charge is -2.29. The van der Waals surface area contributed by atoms with Gasteiger partial charge in [-0.1, -0.05) is 11.6 Å². The molecule has 26 heavy (non-hydrogen) atoms. The Morgan fingerprint density at radius 2 is 2.08 bits per heavy atom. The first-order chi connectivity index (χ1) is 12.4. The Bertz CT molecular complexity index is 916. The molecule has 3 rings (SSSR count). The van der Waals surface area contributed by atoms with Gasteiger partial charge in [0, 0.05) is 18.2 Å². The maximum atomic E-state index is 12.5. The lowest BCUT2D eigenvalue weighted by molar-refractivity contribution is 0.102. The van der Waals surface area contributed by atoms with Crippen LogP contribution in [-0.2, 0) is 10.0 Å². The molecule has 1 aromatic carbocycles. The zero-order chi connectivity index (χ0) is 18.7. The quantitative estimate of drug-likeness (QED) is 0.859. The van der Waals surface area contributed by atoms with E-state index in [9.17, 15) is 13.2 Å². The van der Waals surface area contributed by atoms with Crippen LogP contribution >= 0.6 is 11.6 Å². The topological polar surface area (TPSA) is 88.6 Å². The number of hydrogen-bond donors (Lipinski definition) is 1. The molecule has 0 aliphatic carbocycles. The molecule has 2 aromatic rings. The number of carbonyl (C=O) groups is 1. The van der Waals surface area contributed by atoms with Gasteiger partial charge in [0.25, 0.3) is 5.91 Å². The number of ether oxygens (including phenoxy) is 1. The molecule has 0 bridgehead atoms. The fourth-order valence-electron chi connectivity index (χ4n) is 2.68. The Balaban J connectivity index is 1.85. The van der Waals surface area contributed by atoms with Crippen LogP contribution in [0, 0.1) is 0 Å². The molecule has 1 N–H and O–H groups in total.